The van der Waals surface area contributed by atoms with E-state index in [4.69, 9.17) is 15.2 Å². The summed E-state index contributed by atoms with van der Waals surface area (Å²) >= 11 is 1.25. The first-order valence-electron chi connectivity index (χ1n) is 9.10. The zero-order valence-electron chi connectivity index (χ0n) is 15.6. The molecule has 0 amide bonds. The van der Waals surface area contributed by atoms with Gasteiger partial charge in [0.2, 0.25) is 0 Å². The number of thioether (sulfide) groups is 1. The molecule has 2 unspecified atom stereocenters. The Balaban J connectivity index is 1.57. The van der Waals surface area contributed by atoms with Crippen LogP contribution in [0, 0.1) is 0 Å². The first-order chi connectivity index (χ1) is 13.5. The number of aliphatic hydroxyl groups excluding tert-OH is 2. The minimum atomic E-state index is -1.02. The fourth-order valence-electron chi connectivity index (χ4n) is 2.82. The number of hydrogen-bond donors (Lipinski definition) is 3. The van der Waals surface area contributed by atoms with E-state index in [9.17, 15) is 10.2 Å². The molecule has 1 fully saturated rings. The normalized spacial score (nSPS) is 25.6. The van der Waals surface area contributed by atoms with Gasteiger partial charge >= 0.3 is 0 Å². The zero-order valence-corrected chi connectivity index (χ0v) is 16.4. The van der Waals surface area contributed by atoms with E-state index in [-0.39, 0.29) is 25.0 Å². The molecule has 4 N–H and O–H groups in total. The summed E-state index contributed by atoms with van der Waals surface area (Å²) in [6.45, 7) is 3.00. The number of rotatable bonds is 7. The maximum atomic E-state index is 10.3. The fraction of sp³-hybridized carbons (Fsp3) is 0.500. The largest absolute Gasteiger partial charge is 0.487 e. The third-order valence-corrected chi connectivity index (χ3v) is 5.12. The number of hydrogen-bond acceptors (Lipinski definition) is 8. The number of aliphatic hydroxyl groups is 2. The third-order valence-electron chi connectivity index (χ3n) is 4.18. The van der Waals surface area contributed by atoms with E-state index < -0.39 is 18.3 Å². The minimum absolute atomic E-state index is 0.248. The van der Waals surface area contributed by atoms with Crippen molar-refractivity contribution in [3.63, 3.8) is 0 Å². The van der Waals surface area contributed by atoms with Crippen LogP contribution in [-0.2, 0) is 17.9 Å². The first kappa shape index (κ1) is 20.6. The van der Waals surface area contributed by atoms with Crippen molar-refractivity contribution in [1.82, 2.24) is 15.0 Å². The lowest BCUT2D eigenvalue weighted by atomic mass is 10.0. The smallest absolute Gasteiger partial charge is 0.156 e. The standard InChI is InChI=1S/C18H25N5O4S/c1-2-20-18(19)28-16-8-14(24)17(25)15(27-16)10-23-9-12(21-22-23)11-26-13-6-4-3-5-7-13/h3-7,9,14-17,24-25H,2,8,10-11H2,1H3,(H2,19,20)/t14?,15?,16-,17+/m1/s1. The predicted molar refractivity (Wildman–Crippen MR) is 106 cm³/mol. The molecule has 0 bridgehead atoms. The molecule has 0 saturated carbocycles. The summed E-state index contributed by atoms with van der Waals surface area (Å²) in [7, 11) is 0. The molecule has 9 nitrogen and oxygen atoms in total. The Morgan fingerprint density at radius 2 is 2.18 bits per heavy atom. The highest BCUT2D eigenvalue weighted by Gasteiger charge is 2.37. The van der Waals surface area contributed by atoms with Gasteiger partial charge in [-0.1, -0.05) is 35.2 Å². The highest BCUT2D eigenvalue weighted by atomic mass is 32.2. The van der Waals surface area contributed by atoms with Crippen molar-refractivity contribution < 1.29 is 19.7 Å². The van der Waals surface area contributed by atoms with Gasteiger partial charge in [0.05, 0.1) is 18.8 Å². The van der Waals surface area contributed by atoms with E-state index in [1.54, 1.807) is 10.9 Å². The molecule has 1 aliphatic rings. The van der Waals surface area contributed by atoms with Gasteiger partial charge in [-0.05, 0) is 19.1 Å². The molecule has 152 valence electrons. The summed E-state index contributed by atoms with van der Waals surface area (Å²) in [6, 6.07) is 9.44. The van der Waals surface area contributed by atoms with E-state index >= 15 is 0 Å². The lowest BCUT2D eigenvalue weighted by Gasteiger charge is -2.36. The minimum Gasteiger partial charge on any atom is -0.487 e. The number of aliphatic imine (C=N–C) groups is 1. The summed E-state index contributed by atoms with van der Waals surface area (Å²) in [5.41, 5.74) is 6.09. The number of nitrogens with two attached hydrogens (primary N) is 1. The molecule has 1 aliphatic heterocycles. The van der Waals surface area contributed by atoms with Gasteiger partial charge in [-0.3, -0.25) is 4.99 Å². The SMILES string of the molecule is CCN=C(N)S[C@@H]1CC(O)[C@H](O)C(Cn2cc(COc3ccccc3)nn2)O1. The molecule has 1 saturated heterocycles. The summed E-state index contributed by atoms with van der Waals surface area (Å²) < 4.78 is 13.1. The van der Waals surface area contributed by atoms with Crippen LogP contribution in [0.5, 0.6) is 5.75 Å². The van der Waals surface area contributed by atoms with Crippen LogP contribution in [0.25, 0.3) is 0 Å². The van der Waals surface area contributed by atoms with E-state index in [0.29, 0.717) is 17.4 Å². The average molecular weight is 407 g/mol. The van der Waals surface area contributed by atoms with Crippen molar-refractivity contribution in [1.29, 1.82) is 0 Å². The third kappa shape index (κ3) is 5.68. The molecule has 1 aromatic heterocycles. The van der Waals surface area contributed by atoms with Crippen LogP contribution in [0.15, 0.2) is 41.5 Å². The van der Waals surface area contributed by atoms with Gasteiger partial charge in [-0.15, -0.1) is 5.10 Å². The second-order valence-electron chi connectivity index (χ2n) is 6.36. The van der Waals surface area contributed by atoms with Gasteiger partial charge in [0.1, 0.15) is 35.7 Å². The summed E-state index contributed by atoms with van der Waals surface area (Å²) in [5.74, 6) is 0.748. The Labute approximate surface area is 167 Å². The highest BCUT2D eigenvalue weighted by Crippen LogP contribution is 2.28. The zero-order chi connectivity index (χ0) is 19.9. The van der Waals surface area contributed by atoms with Crippen molar-refractivity contribution in [2.75, 3.05) is 6.54 Å². The van der Waals surface area contributed by atoms with E-state index in [2.05, 4.69) is 15.3 Å². The van der Waals surface area contributed by atoms with Gasteiger partial charge in [-0.2, -0.15) is 0 Å². The predicted octanol–water partition coefficient (Wildman–Crippen LogP) is 0.762. The van der Waals surface area contributed by atoms with Crippen LogP contribution >= 0.6 is 11.8 Å². The van der Waals surface area contributed by atoms with E-state index in [0.717, 1.165) is 5.75 Å². The number of amidine groups is 1. The van der Waals surface area contributed by atoms with Crippen LogP contribution < -0.4 is 10.5 Å². The average Bonchev–Trinajstić information content (AvgIpc) is 3.12. The maximum Gasteiger partial charge on any atom is 0.156 e. The number of aromatic nitrogens is 3. The van der Waals surface area contributed by atoms with Gasteiger partial charge in [0.15, 0.2) is 5.17 Å². The Morgan fingerprint density at radius 3 is 2.93 bits per heavy atom. The molecule has 4 atom stereocenters. The van der Waals surface area contributed by atoms with Gasteiger partial charge < -0.3 is 25.4 Å². The lowest BCUT2D eigenvalue weighted by molar-refractivity contribution is -0.149. The second-order valence-corrected chi connectivity index (χ2v) is 7.54. The lowest BCUT2D eigenvalue weighted by Crippen LogP contribution is -2.49. The molecule has 0 spiro atoms. The van der Waals surface area contributed by atoms with Gasteiger partial charge in [0, 0.05) is 13.0 Å². The molecule has 3 rings (SSSR count). The Morgan fingerprint density at radius 1 is 1.39 bits per heavy atom. The van der Waals surface area contributed by atoms with E-state index in [1.807, 2.05) is 37.3 Å². The molecule has 0 radical (unpaired) electrons. The Bertz CT molecular complexity index is 772. The van der Waals surface area contributed by atoms with Crippen molar-refractivity contribution in [2.45, 2.75) is 50.2 Å². The second kappa shape index (κ2) is 9.87. The summed E-state index contributed by atoms with van der Waals surface area (Å²) in [4.78, 5) is 4.11. The highest BCUT2D eigenvalue weighted by molar-refractivity contribution is 8.14. The van der Waals surface area contributed by atoms with Crippen molar-refractivity contribution in [3.05, 3.63) is 42.2 Å². The molecule has 10 heteroatoms. The summed E-state index contributed by atoms with van der Waals surface area (Å²) in [6.07, 6.45) is -0.560. The van der Waals surface area contributed by atoms with Crippen LogP contribution in [0.2, 0.25) is 0 Å². The first-order valence-corrected chi connectivity index (χ1v) is 9.98. The van der Waals surface area contributed by atoms with Crippen LogP contribution in [0.4, 0.5) is 0 Å². The van der Waals surface area contributed by atoms with Crippen molar-refractivity contribution in [2.24, 2.45) is 10.7 Å². The Kier molecular flexibility index (Phi) is 7.26. The van der Waals surface area contributed by atoms with Crippen LogP contribution in [0.1, 0.15) is 19.0 Å². The molecular formula is C18H25N5O4S. The van der Waals surface area contributed by atoms with Gasteiger partial charge in [-0.25, -0.2) is 4.68 Å². The van der Waals surface area contributed by atoms with Crippen molar-refractivity contribution in [3.8, 4) is 5.75 Å². The number of para-hydroxylation sites is 1. The topological polar surface area (TPSA) is 128 Å². The molecule has 1 aromatic carbocycles. The quantitative estimate of drug-likeness (QED) is 0.453. The molecular weight excluding hydrogens is 382 g/mol. The summed E-state index contributed by atoms with van der Waals surface area (Å²) in [5, 5.41) is 29.0. The monoisotopic (exact) mass is 407 g/mol. The van der Waals surface area contributed by atoms with Crippen LogP contribution in [0.3, 0.4) is 0 Å². The molecule has 2 aromatic rings. The Hall–Kier alpha value is -2.14. The number of benzene rings is 1. The van der Waals surface area contributed by atoms with Crippen LogP contribution in [-0.4, -0.2) is 60.7 Å². The fourth-order valence-corrected chi connectivity index (χ4v) is 3.79. The number of nitrogens with zero attached hydrogens (tertiary/aromatic N) is 4. The van der Waals surface area contributed by atoms with Gasteiger partial charge in [0.25, 0.3) is 0 Å². The maximum absolute atomic E-state index is 10.3. The van der Waals surface area contributed by atoms with Crippen molar-refractivity contribution >= 4 is 16.9 Å². The molecule has 2 heterocycles. The molecule has 28 heavy (non-hydrogen) atoms. The van der Waals surface area contributed by atoms with E-state index in [1.165, 1.54) is 11.8 Å². The number of ether oxygens (including phenoxy) is 2. The molecule has 0 aliphatic carbocycles.